The van der Waals surface area contributed by atoms with Gasteiger partial charge in [-0.05, 0) is 51.9 Å². The maximum atomic E-state index is 12.4. The Labute approximate surface area is 112 Å². The summed E-state index contributed by atoms with van der Waals surface area (Å²) in [6.45, 7) is 7.21. The Bertz CT molecular complexity index is 276. The van der Waals surface area contributed by atoms with E-state index in [0.29, 0.717) is 0 Å². The van der Waals surface area contributed by atoms with E-state index in [0.717, 1.165) is 32.5 Å². The lowest BCUT2D eigenvalue weighted by Gasteiger charge is -2.40. The Morgan fingerprint density at radius 1 is 1.28 bits per heavy atom. The molecule has 0 saturated carbocycles. The molecule has 18 heavy (non-hydrogen) atoms. The van der Waals surface area contributed by atoms with Gasteiger partial charge in [0, 0.05) is 13.6 Å². The van der Waals surface area contributed by atoms with Gasteiger partial charge in [-0.15, -0.1) is 0 Å². The fourth-order valence-electron chi connectivity index (χ4n) is 2.59. The normalized spacial score (nSPS) is 23.1. The summed E-state index contributed by atoms with van der Waals surface area (Å²) in [4.78, 5) is 16.5. The van der Waals surface area contributed by atoms with Crippen molar-refractivity contribution in [3.05, 3.63) is 0 Å². The molecule has 1 heterocycles. The van der Waals surface area contributed by atoms with Crippen molar-refractivity contribution in [2.24, 2.45) is 5.41 Å². The highest BCUT2D eigenvalue weighted by molar-refractivity contribution is 5.82. The van der Waals surface area contributed by atoms with Crippen molar-refractivity contribution in [3.63, 3.8) is 0 Å². The molecular formula is C14H29N3O. The summed E-state index contributed by atoms with van der Waals surface area (Å²) < 4.78 is 0. The summed E-state index contributed by atoms with van der Waals surface area (Å²) in [6.07, 6.45) is 3.32. The van der Waals surface area contributed by atoms with Crippen molar-refractivity contribution in [2.45, 2.75) is 39.2 Å². The third-order valence-electron chi connectivity index (χ3n) is 3.85. The molecule has 0 spiro atoms. The summed E-state index contributed by atoms with van der Waals surface area (Å²) in [5.41, 5.74) is 0.0745. The Kier molecular flexibility index (Phi) is 5.60. The van der Waals surface area contributed by atoms with E-state index in [2.05, 4.69) is 38.2 Å². The summed E-state index contributed by atoms with van der Waals surface area (Å²) in [6, 6.07) is -0.0180. The van der Waals surface area contributed by atoms with Gasteiger partial charge in [0.1, 0.15) is 0 Å². The first-order valence-electron chi connectivity index (χ1n) is 6.97. The van der Waals surface area contributed by atoms with E-state index in [1.54, 1.807) is 0 Å². The third kappa shape index (κ3) is 4.25. The van der Waals surface area contributed by atoms with Gasteiger partial charge in [-0.2, -0.15) is 0 Å². The van der Waals surface area contributed by atoms with Crippen molar-refractivity contribution >= 4 is 5.91 Å². The second-order valence-electron chi connectivity index (χ2n) is 6.40. The van der Waals surface area contributed by atoms with E-state index >= 15 is 0 Å². The molecule has 1 saturated heterocycles. The van der Waals surface area contributed by atoms with Crippen molar-refractivity contribution < 1.29 is 4.79 Å². The minimum Gasteiger partial charge on any atom is -0.344 e. The van der Waals surface area contributed by atoms with Crippen LogP contribution in [0.1, 0.15) is 33.1 Å². The van der Waals surface area contributed by atoms with E-state index in [1.165, 1.54) is 6.42 Å². The molecule has 4 nitrogen and oxygen atoms in total. The fourth-order valence-corrected chi connectivity index (χ4v) is 2.59. The molecule has 0 bridgehead atoms. The molecule has 1 amide bonds. The number of carbonyl (C=O) groups is 1. The van der Waals surface area contributed by atoms with Crippen LogP contribution in [0.2, 0.25) is 0 Å². The number of hydrogen-bond acceptors (Lipinski definition) is 3. The minimum absolute atomic E-state index is 0.0180. The number of nitrogens with one attached hydrogen (secondary N) is 1. The standard InChI is InChI=1S/C14H29N3O/c1-14(2)8-6-9-15-12(14)13(18)17(5)11-7-10-16(3)4/h12,15H,6-11H2,1-5H3. The molecule has 0 radical (unpaired) electrons. The first-order chi connectivity index (χ1) is 8.34. The first-order valence-corrected chi connectivity index (χ1v) is 6.97. The Balaban J connectivity index is 2.46. The minimum atomic E-state index is -0.0180. The van der Waals surface area contributed by atoms with E-state index in [4.69, 9.17) is 0 Å². The van der Waals surface area contributed by atoms with Crippen molar-refractivity contribution in [1.82, 2.24) is 15.1 Å². The number of piperidine rings is 1. The van der Waals surface area contributed by atoms with Crippen molar-refractivity contribution in [3.8, 4) is 0 Å². The van der Waals surface area contributed by atoms with Crippen molar-refractivity contribution in [1.29, 1.82) is 0 Å². The molecular weight excluding hydrogens is 226 g/mol. The number of nitrogens with zero attached hydrogens (tertiary/aromatic N) is 2. The molecule has 106 valence electrons. The van der Waals surface area contributed by atoms with Crippen molar-refractivity contribution in [2.75, 3.05) is 40.8 Å². The van der Waals surface area contributed by atoms with Gasteiger partial charge in [-0.1, -0.05) is 13.8 Å². The van der Waals surface area contributed by atoms with Crippen LogP contribution in [0.5, 0.6) is 0 Å². The van der Waals surface area contributed by atoms with E-state index in [-0.39, 0.29) is 17.4 Å². The zero-order valence-electron chi connectivity index (χ0n) is 12.6. The van der Waals surface area contributed by atoms with Crippen LogP contribution in [0.15, 0.2) is 0 Å². The van der Waals surface area contributed by atoms with Gasteiger partial charge in [0.05, 0.1) is 6.04 Å². The van der Waals surface area contributed by atoms with Gasteiger partial charge in [-0.25, -0.2) is 0 Å². The Hall–Kier alpha value is -0.610. The number of hydrogen-bond donors (Lipinski definition) is 1. The predicted molar refractivity (Wildman–Crippen MR) is 75.6 cm³/mol. The van der Waals surface area contributed by atoms with Gasteiger partial charge in [-0.3, -0.25) is 4.79 Å². The monoisotopic (exact) mass is 255 g/mol. The highest BCUT2D eigenvalue weighted by Crippen LogP contribution is 2.30. The maximum absolute atomic E-state index is 12.4. The highest BCUT2D eigenvalue weighted by Gasteiger charge is 2.38. The van der Waals surface area contributed by atoms with Gasteiger partial charge >= 0.3 is 0 Å². The van der Waals surface area contributed by atoms with Gasteiger partial charge in [0.2, 0.25) is 5.91 Å². The topological polar surface area (TPSA) is 35.6 Å². The number of rotatable bonds is 5. The quantitative estimate of drug-likeness (QED) is 0.801. The predicted octanol–water partition coefficient (Wildman–Crippen LogP) is 1.17. The second-order valence-corrected chi connectivity index (χ2v) is 6.40. The molecule has 1 unspecified atom stereocenters. The Morgan fingerprint density at radius 3 is 2.50 bits per heavy atom. The van der Waals surface area contributed by atoms with Gasteiger partial charge in [0.15, 0.2) is 0 Å². The third-order valence-corrected chi connectivity index (χ3v) is 3.85. The molecule has 1 N–H and O–H groups in total. The summed E-state index contributed by atoms with van der Waals surface area (Å²) in [5.74, 6) is 0.249. The van der Waals surface area contributed by atoms with E-state index < -0.39 is 0 Å². The molecule has 1 fully saturated rings. The summed E-state index contributed by atoms with van der Waals surface area (Å²) in [7, 11) is 6.05. The molecule has 1 aliphatic heterocycles. The van der Waals surface area contributed by atoms with Crippen LogP contribution in [-0.2, 0) is 4.79 Å². The number of likely N-dealkylation sites (N-methyl/N-ethyl adjacent to an activating group) is 1. The molecule has 1 aliphatic rings. The van der Waals surface area contributed by atoms with Crippen LogP contribution in [0.4, 0.5) is 0 Å². The van der Waals surface area contributed by atoms with Gasteiger partial charge in [0.25, 0.3) is 0 Å². The van der Waals surface area contributed by atoms with Crippen LogP contribution in [0.25, 0.3) is 0 Å². The number of carbonyl (C=O) groups excluding carboxylic acids is 1. The van der Waals surface area contributed by atoms with Gasteiger partial charge < -0.3 is 15.1 Å². The van der Waals surface area contributed by atoms with Crippen LogP contribution in [-0.4, -0.2) is 62.5 Å². The lowest BCUT2D eigenvalue weighted by atomic mass is 9.77. The molecule has 0 aliphatic carbocycles. The highest BCUT2D eigenvalue weighted by atomic mass is 16.2. The molecule has 1 atom stereocenters. The molecule has 0 aromatic heterocycles. The summed E-state index contributed by atoms with van der Waals surface area (Å²) >= 11 is 0. The Morgan fingerprint density at radius 2 is 1.94 bits per heavy atom. The molecule has 1 rings (SSSR count). The first kappa shape index (κ1) is 15.4. The largest absolute Gasteiger partial charge is 0.344 e. The smallest absolute Gasteiger partial charge is 0.240 e. The molecule has 4 heteroatoms. The van der Waals surface area contributed by atoms with E-state index in [1.807, 2.05) is 11.9 Å². The second kappa shape index (κ2) is 6.53. The molecule has 0 aromatic carbocycles. The lowest BCUT2D eigenvalue weighted by molar-refractivity contribution is -0.136. The molecule has 0 aromatic rings. The maximum Gasteiger partial charge on any atom is 0.240 e. The van der Waals surface area contributed by atoms with Crippen LogP contribution in [0, 0.1) is 5.41 Å². The zero-order valence-corrected chi connectivity index (χ0v) is 12.6. The van der Waals surface area contributed by atoms with Crippen LogP contribution >= 0.6 is 0 Å². The van der Waals surface area contributed by atoms with Crippen LogP contribution < -0.4 is 5.32 Å². The average Bonchev–Trinajstić information content (AvgIpc) is 2.27. The number of amides is 1. The summed E-state index contributed by atoms with van der Waals surface area (Å²) in [5, 5.41) is 3.39. The fraction of sp³-hybridized carbons (Fsp3) is 0.929. The van der Waals surface area contributed by atoms with E-state index in [9.17, 15) is 4.79 Å². The van der Waals surface area contributed by atoms with Crippen LogP contribution in [0.3, 0.4) is 0 Å². The zero-order chi connectivity index (χ0) is 13.8. The average molecular weight is 255 g/mol. The lowest BCUT2D eigenvalue weighted by Crippen LogP contribution is -2.56. The SMILES string of the molecule is CN(C)CCCN(C)C(=O)C1NCCCC1(C)C.